The van der Waals surface area contributed by atoms with Crippen molar-refractivity contribution in [3.8, 4) is 11.5 Å². The molecule has 1 aliphatic rings. The molecular formula is C15H19BrO3. The van der Waals surface area contributed by atoms with E-state index in [1.807, 2.05) is 19.9 Å². The van der Waals surface area contributed by atoms with Crippen LogP contribution in [0.25, 0.3) is 0 Å². The van der Waals surface area contributed by atoms with E-state index in [4.69, 9.17) is 9.47 Å². The number of hydrogen-bond acceptors (Lipinski definition) is 3. The van der Waals surface area contributed by atoms with E-state index in [0.717, 1.165) is 34.9 Å². The van der Waals surface area contributed by atoms with Crippen LogP contribution in [0, 0.1) is 0 Å². The zero-order valence-corrected chi connectivity index (χ0v) is 13.0. The highest BCUT2D eigenvalue weighted by molar-refractivity contribution is 9.10. The topological polar surface area (TPSA) is 35.5 Å². The minimum atomic E-state index is 0.165. The molecular weight excluding hydrogens is 308 g/mol. The molecule has 0 amide bonds. The normalized spacial score (nSPS) is 14.8. The first kappa shape index (κ1) is 14.4. The first-order valence-corrected chi connectivity index (χ1v) is 7.62. The van der Waals surface area contributed by atoms with Crippen LogP contribution in [-0.2, 0) is 6.42 Å². The van der Waals surface area contributed by atoms with Gasteiger partial charge in [0.1, 0.15) is 0 Å². The van der Waals surface area contributed by atoms with Crippen LogP contribution in [0.4, 0.5) is 0 Å². The molecule has 104 valence electrons. The molecule has 4 heteroatoms. The summed E-state index contributed by atoms with van der Waals surface area (Å²) in [6.07, 6.45) is 3.48. The Hall–Kier alpha value is -1.03. The van der Waals surface area contributed by atoms with E-state index in [1.165, 1.54) is 0 Å². The Morgan fingerprint density at radius 3 is 2.53 bits per heavy atom. The fourth-order valence-corrected chi connectivity index (χ4v) is 3.05. The Morgan fingerprint density at radius 1 is 1.16 bits per heavy atom. The lowest BCUT2D eigenvalue weighted by molar-refractivity contribution is 0.0977. The molecule has 0 radical (unpaired) electrons. The van der Waals surface area contributed by atoms with E-state index in [1.54, 1.807) is 0 Å². The van der Waals surface area contributed by atoms with E-state index in [2.05, 4.69) is 15.9 Å². The van der Waals surface area contributed by atoms with Crippen LogP contribution in [0.5, 0.6) is 11.5 Å². The van der Waals surface area contributed by atoms with Gasteiger partial charge in [0.15, 0.2) is 17.3 Å². The van der Waals surface area contributed by atoms with Gasteiger partial charge in [0.2, 0.25) is 0 Å². The second-order valence-corrected chi connectivity index (χ2v) is 5.39. The third-order valence-corrected chi connectivity index (χ3v) is 3.95. The largest absolute Gasteiger partial charge is 0.490 e. The summed E-state index contributed by atoms with van der Waals surface area (Å²) >= 11 is 3.56. The zero-order valence-electron chi connectivity index (χ0n) is 11.4. The molecule has 3 nitrogen and oxygen atoms in total. The number of benzene rings is 1. The summed E-state index contributed by atoms with van der Waals surface area (Å²) in [4.78, 5) is 12.4. The SMILES string of the molecule is CCOc1cc(Br)c2c(c1OCC)C(=O)CCCC2. The van der Waals surface area contributed by atoms with E-state index >= 15 is 0 Å². The number of halogens is 1. The van der Waals surface area contributed by atoms with Crippen LogP contribution in [0.2, 0.25) is 0 Å². The molecule has 0 bridgehead atoms. The molecule has 1 aromatic rings. The molecule has 0 atom stereocenters. The third-order valence-electron chi connectivity index (χ3n) is 3.25. The number of ether oxygens (including phenoxy) is 2. The van der Waals surface area contributed by atoms with Gasteiger partial charge in [-0.1, -0.05) is 15.9 Å². The van der Waals surface area contributed by atoms with Crippen molar-refractivity contribution < 1.29 is 14.3 Å². The molecule has 0 saturated heterocycles. The molecule has 0 N–H and O–H groups in total. The van der Waals surface area contributed by atoms with Crippen molar-refractivity contribution in [2.75, 3.05) is 13.2 Å². The highest BCUT2D eigenvalue weighted by Crippen LogP contribution is 2.41. The van der Waals surface area contributed by atoms with Crippen LogP contribution in [-0.4, -0.2) is 19.0 Å². The Balaban J connectivity index is 2.61. The Labute approximate surface area is 122 Å². The smallest absolute Gasteiger partial charge is 0.172 e. The highest BCUT2D eigenvalue weighted by Gasteiger charge is 2.26. The first-order valence-electron chi connectivity index (χ1n) is 6.83. The molecule has 2 rings (SSSR count). The zero-order chi connectivity index (χ0) is 13.8. The van der Waals surface area contributed by atoms with Crippen molar-refractivity contribution in [2.24, 2.45) is 0 Å². The van der Waals surface area contributed by atoms with E-state index < -0.39 is 0 Å². The van der Waals surface area contributed by atoms with Gasteiger partial charge in [-0.2, -0.15) is 0 Å². The van der Waals surface area contributed by atoms with Crippen molar-refractivity contribution in [1.29, 1.82) is 0 Å². The van der Waals surface area contributed by atoms with Crippen LogP contribution >= 0.6 is 15.9 Å². The van der Waals surface area contributed by atoms with Crippen molar-refractivity contribution in [3.05, 3.63) is 21.7 Å². The van der Waals surface area contributed by atoms with Gasteiger partial charge < -0.3 is 9.47 Å². The lowest BCUT2D eigenvalue weighted by Gasteiger charge is -2.18. The van der Waals surface area contributed by atoms with Gasteiger partial charge in [0.25, 0.3) is 0 Å². The maximum Gasteiger partial charge on any atom is 0.172 e. The van der Waals surface area contributed by atoms with E-state index in [0.29, 0.717) is 31.1 Å². The molecule has 0 spiro atoms. The number of fused-ring (bicyclic) bond motifs is 1. The Bertz CT molecular complexity index is 483. The summed E-state index contributed by atoms with van der Waals surface area (Å²) in [5.74, 6) is 1.44. The van der Waals surface area contributed by atoms with Crippen LogP contribution in [0.1, 0.15) is 49.0 Å². The molecule has 0 aromatic heterocycles. The minimum Gasteiger partial charge on any atom is -0.490 e. The Kier molecular flexibility index (Phi) is 4.86. The summed E-state index contributed by atoms with van der Waals surface area (Å²) in [5, 5.41) is 0. The van der Waals surface area contributed by atoms with Gasteiger partial charge in [-0.05, 0) is 44.7 Å². The number of carbonyl (C=O) groups is 1. The summed E-state index contributed by atoms with van der Waals surface area (Å²) in [6.45, 7) is 4.93. The van der Waals surface area contributed by atoms with Gasteiger partial charge in [-0.25, -0.2) is 0 Å². The second-order valence-electron chi connectivity index (χ2n) is 4.54. The van der Waals surface area contributed by atoms with Crippen molar-refractivity contribution in [2.45, 2.75) is 39.5 Å². The summed E-state index contributed by atoms with van der Waals surface area (Å²) in [6, 6.07) is 1.92. The van der Waals surface area contributed by atoms with Crippen molar-refractivity contribution >= 4 is 21.7 Å². The van der Waals surface area contributed by atoms with E-state index in [-0.39, 0.29) is 5.78 Å². The molecule has 0 aliphatic heterocycles. The standard InChI is InChI=1S/C15H19BrO3/c1-3-18-13-9-11(16)10-7-5-6-8-12(17)14(10)15(13)19-4-2/h9H,3-8H2,1-2H3. The fraction of sp³-hybridized carbons (Fsp3) is 0.533. The highest BCUT2D eigenvalue weighted by atomic mass is 79.9. The summed E-state index contributed by atoms with van der Waals surface area (Å²) in [5.41, 5.74) is 1.78. The lowest BCUT2D eigenvalue weighted by Crippen LogP contribution is -2.09. The van der Waals surface area contributed by atoms with Gasteiger partial charge in [-0.3, -0.25) is 4.79 Å². The number of hydrogen-bond donors (Lipinski definition) is 0. The summed E-state index contributed by atoms with van der Waals surface area (Å²) < 4.78 is 12.3. The summed E-state index contributed by atoms with van der Waals surface area (Å²) in [7, 11) is 0. The van der Waals surface area contributed by atoms with Crippen LogP contribution in [0.15, 0.2) is 10.5 Å². The second kappa shape index (κ2) is 6.42. The van der Waals surface area contributed by atoms with Gasteiger partial charge >= 0.3 is 0 Å². The predicted molar refractivity (Wildman–Crippen MR) is 78.4 cm³/mol. The Morgan fingerprint density at radius 2 is 1.84 bits per heavy atom. The molecule has 1 aromatic carbocycles. The molecule has 19 heavy (non-hydrogen) atoms. The maximum absolute atomic E-state index is 12.4. The molecule has 0 fully saturated rings. The average Bonchev–Trinajstić information content (AvgIpc) is 2.57. The monoisotopic (exact) mass is 326 g/mol. The fourth-order valence-electron chi connectivity index (χ4n) is 2.45. The molecule has 0 saturated carbocycles. The van der Waals surface area contributed by atoms with E-state index in [9.17, 15) is 4.79 Å². The van der Waals surface area contributed by atoms with Crippen molar-refractivity contribution in [3.63, 3.8) is 0 Å². The third kappa shape index (κ3) is 2.94. The predicted octanol–water partition coefficient (Wildman–Crippen LogP) is 4.16. The molecule has 0 unspecified atom stereocenters. The number of carbonyl (C=O) groups excluding carboxylic acids is 1. The van der Waals surface area contributed by atoms with Crippen LogP contribution in [0.3, 0.4) is 0 Å². The first-order chi connectivity index (χ1) is 9.19. The van der Waals surface area contributed by atoms with Gasteiger partial charge in [0, 0.05) is 10.9 Å². The van der Waals surface area contributed by atoms with Crippen LogP contribution < -0.4 is 9.47 Å². The number of Topliss-reactive ketones (excluding diaryl/α,β-unsaturated/α-hetero) is 1. The van der Waals surface area contributed by atoms with Gasteiger partial charge in [-0.15, -0.1) is 0 Å². The molecule has 0 heterocycles. The van der Waals surface area contributed by atoms with Crippen molar-refractivity contribution in [1.82, 2.24) is 0 Å². The number of ketones is 1. The maximum atomic E-state index is 12.4. The molecule has 1 aliphatic carbocycles. The number of rotatable bonds is 4. The average molecular weight is 327 g/mol. The quantitative estimate of drug-likeness (QED) is 0.779. The minimum absolute atomic E-state index is 0.165. The van der Waals surface area contributed by atoms with Gasteiger partial charge in [0.05, 0.1) is 18.8 Å². The lowest BCUT2D eigenvalue weighted by atomic mass is 10.0.